The SMILES string of the molecule is CC(C)N(Cc1cccn1C)C(=O)Nc1cc(C(F)(F)F)cc(C(F)(F)F)c1. The van der Waals surface area contributed by atoms with Crippen LogP contribution in [0.2, 0.25) is 0 Å². The minimum Gasteiger partial charge on any atom is -0.353 e. The molecule has 10 heteroatoms. The summed E-state index contributed by atoms with van der Waals surface area (Å²) in [7, 11) is 1.76. The molecule has 1 aromatic carbocycles. The number of aromatic nitrogens is 1. The number of carbonyl (C=O) groups excluding carboxylic acids is 1. The number of alkyl halides is 6. The molecule has 0 saturated carbocycles. The number of anilines is 1. The van der Waals surface area contributed by atoms with Crippen LogP contribution in [-0.2, 0) is 25.9 Å². The molecule has 0 unspecified atom stereocenters. The van der Waals surface area contributed by atoms with Crippen molar-refractivity contribution < 1.29 is 31.1 Å². The van der Waals surface area contributed by atoms with Gasteiger partial charge in [0.25, 0.3) is 0 Å². The lowest BCUT2D eigenvalue weighted by Crippen LogP contribution is -2.40. The van der Waals surface area contributed by atoms with Gasteiger partial charge in [-0.2, -0.15) is 26.3 Å². The molecule has 1 N–H and O–H groups in total. The van der Waals surface area contributed by atoms with Crippen molar-refractivity contribution in [2.24, 2.45) is 7.05 Å². The predicted octanol–water partition coefficient (Wildman–Crippen LogP) is 5.51. The molecule has 0 bridgehead atoms. The van der Waals surface area contributed by atoms with Crippen LogP contribution >= 0.6 is 0 Å². The summed E-state index contributed by atoms with van der Waals surface area (Å²) in [6.07, 6.45) is -8.21. The molecule has 0 radical (unpaired) electrons. The molecule has 0 aliphatic carbocycles. The lowest BCUT2D eigenvalue weighted by Gasteiger charge is -2.27. The monoisotopic (exact) mass is 407 g/mol. The molecule has 0 atom stereocenters. The van der Waals surface area contributed by atoms with Gasteiger partial charge >= 0.3 is 18.4 Å². The van der Waals surface area contributed by atoms with Gasteiger partial charge in [-0.05, 0) is 44.2 Å². The maximum absolute atomic E-state index is 13.0. The Morgan fingerprint density at radius 2 is 1.61 bits per heavy atom. The molecule has 28 heavy (non-hydrogen) atoms. The van der Waals surface area contributed by atoms with Crippen LogP contribution in [0.4, 0.5) is 36.8 Å². The van der Waals surface area contributed by atoms with E-state index in [2.05, 4.69) is 5.32 Å². The minimum absolute atomic E-state index is 0.0137. The van der Waals surface area contributed by atoms with Crippen LogP contribution < -0.4 is 5.32 Å². The van der Waals surface area contributed by atoms with E-state index in [1.54, 1.807) is 43.8 Å². The van der Waals surface area contributed by atoms with Gasteiger partial charge in [0.15, 0.2) is 0 Å². The Labute approximate surface area is 157 Å². The number of nitrogens with zero attached hydrogens (tertiary/aromatic N) is 2. The first kappa shape index (κ1) is 21.6. The number of nitrogens with one attached hydrogen (secondary N) is 1. The van der Waals surface area contributed by atoms with Crippen molar-refractivity contribution in [2.45, 2.75) is 38.8 Å². The van der Waals surface area contributed by atoms with E-state index >= 15 is 0 Å². The molecular weight excluding hydrogens is 388 g/mol. The summed E-state index contributed by atoms with van der Waals surface area (Å²) in [4.78, 5) is 13.9. The van der Waals surface area contributed by atoms with Crippen molar-refractivity contribution >= 4 is 11.7 Å². The first-order valence-electron chi connectivity index (χ1n) is 8.26. The molecule has 0 fully saturated rings. The van der Waals surface area contributed by atoms with Gasteiger partial charge in [-0.25, -0.2) is 4.79 Å². The van der Waals surface area contributed by atoms with Gasteiger partial charge in [-0.3, -0.25) is 0 Å². The standard InChI is InChI=1S/C18H19F6N3O/c1-11(2)27(10-15-5-4-6-26(15)3)16(28)25-14-8-12(17(19,20)21)7-13(9-14)18(22,23)24/h4-9,11H,10H2,1-3H3,(H,25,28). The number of halogens is 6. The third kappa shape index (κ3) is 5.20. The maximum atomic E-state index is 13.0. The number of hydrogen-bond donors (Lipinski definition) is 1. The van der Waals surface area contributed by atoms with Gasteiger partial charge in [0.05, 0.1) is 17.7 Å². The second-order valence-corrected chi connectivity index (χ2v) is 6.56. The van der Waals surface area contributed by atoms with E-state index in [9.17, 15) is 31.1 Å². The molecule has 1 heterocycles. The van der Waals surface area contributed by atoms with Crippen molar-refractivity contribution in [2.75, 3.05) is 5.32 Å². The minimum atomic E-state index is -4.98. The van der Waals surface area contributed by atoms with Crippen LogP contribution in [0.5, 0.6) is 0 Å². The third-order valence-corrected chi connectivity index (χ3v) is 4.11. The van der Waals surface area contributed by atoms with Crippen molar-refractivity contribution in [3.63, 3.8) is 0 Å². The highest BCUT2D eigenvalue weighted by Gasteiger charge is 2.37. The quantitative estimate of drug-likeness (QED) is 0.668. The highest BCUT2D eigenvalue weighted by molar-refractivity contribution is 5.89. The molecule has 1 aromatic heterocycles. The van der Waals surface area contributed by atoms with E-state index in [-0.39, 0.29) is 18.7 Å². The van der Waals surface area contributed by atoms with Crippen LogP contribution in [0.1, 0.15) is 30.7 Å². The number of aryl methyl sites for hydroxylation is 1. The summed E-state index contributed by atoms with van der Waals surface area (Å²) >= 11 is 0. The van der Waals surface area contributed by atoms with E-state index in [1.165, 1.54) is 4.90 Å². The Bertz CT molecular complexity index is 806. The normalized spacial score (nSPS) is 12.4. The van der Waals surface area contributed by atoms with Gasteiger partial charge in [0.2, 0.25) is 0 Å². The van der Waals surface area contributed by atoms with Gasteiger partial charge in [0.1, 0.15) is 0 Å². The summed E-state index contributed by atoms with van der Waals surface area (Å²) < 4.78 is 79.5. The van der Waals surface area contributed by atoms with Crippen LogP contribution in [0.3, 0.4) is 0 Å². The summed E-state index contributed by atoms with van der Waals surface area (Å²) in [6.45, 7) is 3.52. The number of hydrogen-bond acceptors (Lipinski definition) is 1. The largest absolute Gasteiger partial charge is 0.416 e. The predicted molar refractivity (Wildman–Crippen MR) is 91.6 cm³/mol. The highest BCUT2D eigenvalue weighted by atomic mass is 19.4. The van der Waals surface area contributed by atoms with Crippen LogP contribution in [-0.4, -0.2) is 21.5 Å². The summed E-state index contributed by atoms with van der Waals surface area (Å²) in [6, 6.07) is 3.34. The first-order chi connectivity index (χ1) is 12.8. The van der Waals surface area contributed by atoms with E-state index in [4.69, 9.17) is 0 Å². The van der Waals surface area contributed by atoms with E-state index in [1.807, 2.05) is 0 Å². The van der Waals surface area contributed by atoms with Crippen molar-refractivity contribution in [1.29, 1.82) is 0 Å². The second-order valence-electron chi connectivity index (χ2n) is 6.56. The zero-order chi connectivity index (χ0) is 21.3. The fraction of sp³-hybridized carbons (Fsp3) is 0.389. The summed E-state index contributed by atoms with van der Waals surface area (Å²) in [5, 5.41) is 2.16. The Kier molecular flexibility index (Phi) is 6.00. The number of benzene rings is 1. The van der Waals surface area contributed by atoms with Crippen LogP contribution in [0, 0.1) is 0 Å². The second kappa shape index (κ2) is 7.76. The zero-order valence-corrected chi connectivity index (χ0v) is 15.3. The number of urea groups is 1. The molecule has 0 spiro atoms. The zero-order valence-electron chi connectivity index (χ0n) is 15.3. The molecule has 2 rings (SSSR count). The number of amides is 2. The lowest BCUT2D eigenvalue weighted by molar-refractivity contribution is -0.143. The average Bonchev–Trinajstić information content (AvgIpc) is 2.95. The molecular formula is C18H19F6N3O. The molecule has 0 saturated heterocycles. The maximum Gasteiger partial charge on any atom is 0.416 e. The van der Waals surface area contributed by atoms with Crippen LogP contribution in [0.25, 0.3) is 0 Å². The highest BCUT2D eigenvalue weighted by Crippen LogP contribution is 2.37. The molecule has 2 amide bonds. The van der Waals surface area contributed by atoms with E-state index in [0.29, 0.717) is 12.1 Å². The topological polar surface area (TPSA) is 37.3 Å². The Morgan fingerprint density at radius 3 is 2.00 bits per heavy atom. The summed E-state index contributed by atoms with van der Waals surface area (Å²) in [5.74, 6) is 0. The van der Waals surface area contributed by atoms with E-state index in [0.717, 1.165) is 5.69 Å². The molecule has 0 aliphatic rings. The molecule has 154 valence electrons. The number of carbonyl (C=O) groups is 1. The molecule has 0 aliphatic heterocycles. The van der Waals surface area contributed by atoms with Gasteiger partial charge in [-0.1, -0.05) is 0 Å². The number of rotatable bonds is 4. The Balaban J connectivity index is 2.33. The molecule has 4 nitrogen and oxygen atoms in total. The first-order valence-corrected chi connectivity index (χ1v) is 8.26. The summed E-state index contributed by atoms with van der Waals surface area (Å²) in [5.41, 5.74) is -2.80. The third-order valence-electron chi connectivity index (χ3n) is 4.11. The average molecular weight is 407 g/mol. The Morgan fingerprint density at radius 1 is 1.07 bits per heavy atom. The lowest BCUT2D eigenvalue weighted by atomic mass is 10.1. The molecule has 2 aromatic rings. The fourth-order valence-corrected chi connectivity index (χ4v) is 2.55. The van der Waals surface area contributed by atoms with Crippen molar-refractivity contribution in [1.82, 2.24) is 9.47 Å². The van der Waals surface area contributed by atoms with Gasteiger partial charge in [-0.15, -0.1) is 0 Å². The van der Waals surface area contributed by atoms with E-state index < -0.39 is 35.2 Å². The van der Waals surface area contributed by atoms with Gasteiger partial charge < -0.3 is 14.8 Å². The Hall–Kier alpha value is -2.65. The van der Waals surface area contributed by atoms with Crippen molar-refractivity contribution in [3.8, 4) is 0 Å². The van der Waals surface area contributed by atoms with Crippen molar-refractivity contribution in [3.05, 3.63) is 53.3 Å². The smallest absolute Gasteiger partial charge is 0.353 e. The van der Waals surface area contributed by atoms with Crippen LogP contribution in [0.15, 0.2) is 36.5 Å². The fourth-order valence-electron chi connectivity index (χ4n) is 2.55. The van der Waals surface area contributed by atoms with Gasteiger partial charge in [0, 0.05) is 30.7 Å².